The third-order valence-electron chi connectivity index (χ3n) is 3.03. The van der Waals surface area contributed by atoms with Crippen molar-refractivity contribution >= 4 is 85.7 Å². The molecule has 0 aliphatic rings. The molecule has 0 radical (unpaired) electrons. The van der Waals surface area contributed by atoms with E-state index in [2.05, 4.69) is 4.74 Å². The molecular formula is C15H12F2I3O6-. The molecule has 0 bridgehead atoms. The molecule has 1 rings (SSSR count). The van der Waals surface area contributed by atoms with Crippen LogP contribution in [0.5, 0.6) is 0 Å². The number of benzene rings is 1. The second kappa shape index (κ2) is 9.75. The van der Waals surface area contributed by atoms with Gasteiger partial charge < -0.3 is 19.4 Å². The van der Waals surface area contributed by atoms with Crippen LogP contribution in [0.2, 0.25) is 0 Å². The van der Waals surface area contributed by atoms with Gasteiger partial charge in [-0.15, -0.1) is 0 Å². The molecule has 0 fully saturated rings. The summed E-state index contributed by atoms with van der Waals surface area (Å²) in [6.07, 6.45) is -2.24. The number of carbonyl (C=O) groups is 3. The molecule has 0 saturated heterocycles. The molecule has 1 aromatic carbocycles. The van der Waals surface area contributed by atoms with Gasteiger partial charge in [0.25, 0.3) is 0 Å². The van der Waals surface area contributed by atoms with E-state index in [0.29, 0.717) is 3.57 Å². The summed E-state index contributed by atoms with van der Waals surface area (Å²) in [7, 11) is 0. The molecule has 11 heteroatoms. The molecule has 1 aromatic rings. The summed E-state index contributed by atoms with van der Waals surface area (Å²) < 4.78 is 38.7. The van der Waals surface area contributed by atoms with Gasteiger partial charge in [0.2, 0.25) is 0 Å². The average Bonchev–Trinajstić information content (AvgIpc) is 2.52. The van der Waals surface area contributed by atoms with Gasteiger partial charge in [-0.1, -0.05) is 13.8 Å². The normalized spacial score (nSPS) is 12.6. The predicted octanol–water partition coefficient (Wildman–Crippen LogP) is 2.61. The van der Waals surface area contributed by atoms with Crippen LogP contribution in [0.3, 0.4) is 0 Å². The molecule has 6 nitrogen and oxygen atoms in total. The summed E-state index contributed by atoms with van der Waals surface area (Å²) >= 11 is 5.98. The summed E-state index contributed by atoms with van der Waals surface area (Å²) in [4.78, 5) is 34.4. The Morgan fingerprint density at radius 3 is 2.27 bits per heavy atom. The van der Waals surface area contributed by atoms with E-state index in [1.54, 1.807) is 6.07 Å². The first-order valence-electron chi connectivity index (χ1n) is 6.98. The first kappa shape index (κ1) is 23.7. The molecule has 0 saturated carbocycles. The van der Waals surface area contributed by atoms with E-state index in [0.717, 1.165) is 7.14 Å². The number of aliphatic carboxylic acids is 1. The SMILES string of the molecule is CC(C)C(OC(=O)COC(=O)c1cc(I)cc(I)c1I)C(F)(F)C(=O)[O-]. The lowest BCUT2D eigenvalue weighted by atomic mass is 10.0. The minimum absolute atomic E-state index is 0.218. The number of ether oxygens (including phenoxy) is 2. The molecule has 144 valence electrons. The molecule has 1 unspecified atom stereocenters. The fraction of sp³-hybridized carbons (Fsp3) is 0.400. The van der Waals surface area contributed by atoms with Crippen LogP contribution in [0.25, 0.3) is 0 Å². The van der Waals surface area contributed by atoms with E-state index < -0.39 is 42.5 Å². The summed E-state index contributed by atoms with van der Waals surface area (Å²) in [5, 5.41) is 10.6. The van der Waals surface area contributed by atoms with Gasteiger partial charge in [-0.25, -0.2) is 9.59 Å². The average molecular weight is 707 g/mol. The number of carboxylic acids is 1. The number of alkyl halides is 2. The zero-order chi connectivity index (χ0) is 20.2. The van der Waals surface area contributed by atoms with Gasteiger partial charge in [-0.3, -0.25) is 0 Å². The second-order valence-corrected chi connectivity index (χ2v) is 8.88. The van der Waals surface area contributed by atoms with Crippen molar-refractivity contribution in [2.45, 2.75) is 25.9 Å². The molecule has 0 aliphatic carbocycles. The zero-order valence-electron chi connectivity index (χ0n) is 13.4. The fourth-order valence-electron chi connectivity index (χ4n) is 1.83. The number of hydrogen-bond donors (Lipinski definition) is 0. The highest BCUT2D eigenvalue weighted by atomic mass is 127. The number of rotatable bonds is 7. The first-order valence-corrected chi connectivity index (χ1v) is 10.2. The zero-order valence-corrected chi connectivity index (χ0v) is 19.8. The lowest BCUT2D eigenvalue weighted by Gasteiger charge is -2.29. The first-order chi connectivity index (χ1) is 11.9. The Morgan fingerprint density at radius 1 is 1.19 bits per heavy atom. The Bertz CT molecular complexity index is 724. The van der Waals surface area contributed by atoms with Gasteiger partial charge in [-0.2, -0.15) is 8.78 Å². The van der Waals surface area contributed by atoms with Crippen molar-refractivity contribution in [3.63, 3.8) is 0 Å². The number of hydrogen-bond acceptors (Lipinski definition) is 6. The number of carbonyl (C=O) groups excluding carboxylic acids is 3. The van der Waals surface area contributed by atoms with E-state index in [9.17, 15) is 28.3 Å². The maximum absolute atomic E-state index is 13.6. The lowest BCUT2D eigenvalue weighted by molar-refractivity contribution is -0.337. The fourth-order valence-corrected chi connectivity index (χ4v) is 4.20. The van der Waals surface area contributed by atoms with Crippen LogP contribution in [0.15, 0.2) is 12.1 Å². The van der Waals surface area contributed by atoms with Crippen LogP contribution >= 0.6 is 67.8 Å². The minimum atomic E-state index is -4.37. The van der Waals surface area contributed by atoms with Crippen LogP contribution in [0.4, 0.5) is 8.78 Å². The van der Waals surface area contributed by atoms with Gasteiger partial charge in [0, 0.05) is 10.7 Å². The van der Waals surface area contributed by atoms with E-state index in [4.69, 9.17) is 4.74 Å². The molecule has 1 atom stereocenters. The monoisotopic (exact) mass is 707 g/mol. The quantitative estimate of drug-likeness (QED) is 0.246. The van der Waals surface area contributed by atoms with Crippen molar-refractivity contribution in [1.82, 2.24) is 0 Å². The molecule has 0 aliphatic heterocycles. The molecule has 0 N–H and O–H groups in total. The summed E-state index contributed by atoms with van der Waals surface area (Å²) in [5.41, 5.74) is 0.218. The van der Waals surface area contributed by atoms with Crippen LogP contribution in [0, 0.1) is 16.6 Å². The van der Waals surface area contributed by atoms with E-state index in [1.807, 2.05) is 73.8 Å². The Morgan fingerprint density at radius 2 is 1.77 bits per heavy atom. The highest BCUT2D eigenvalue weighted by Gasteiger charge is 2.46. The summed E-state index contributed by atoms with van der Waals surface area (Å²) in [6, 6.07) is 3.39. The summed E-state index contributed by atoms with van der Waals surface area (Å²) in [5.74, 6) is -10.1. The van der Waals surface area contributed by atoms with Crippen molar-refractivity contribution < 1.29 is 37.7 Å². The number of esters is 2. The number of carboxylic acid groups (broad SMARTS) is 1. The smallest absolute Gasteiger partial charge is 0.344 e. The number of halogens is 5. The van der Waals surface area contributed by atoms with E-state index >= 15 is 0 Å². The van der Waals surface area contributed by atoms with Gasteiger partial charge in [0.1, 0.15) is 5.97 Å². The molecule has 0 heterocycles. The van der Waals surface area contributed by atoms with Gasteiger partial charge >= 0.3 is 17.9 Å². The standard InChI is InChI=1S/C15H13F2I3O6/c1-6(2)12(15(16,17)14(23)24)26-10(21)5-25-13(22)8-3-7(18)4-9(19)11(8)20/h3-4,6,12H,5H2,1-2H3,(H,23,24)/p-1. The highest BCUT2D eigenvalue weighted by molar-refractivity contribution is 14.1. The third kappa shape index (κ3) is 6.10. The minimum Gasteiger partial charge on any atom is -0.544 e. The van der Waals surface area contributed by atoms with Gasteiger partial charge in [-0.05, 0) is 85.8 Å². The van der Waals surface area contributed by atoms with E-state index in [-0.39, 0.29) is 5.56 Å². The van der Waals surface area contributed by atoms with Gasteiger partial charge in [0.05, 0.1) is 5.56 Å². The predicted molar refractivity (Wildman–Crippen MR) is 110 cm³/mol. The topological polar surface area (TPSA) is 92.7 Å². The van der Waals surface area contributed by atoms with Crippen LogP contribution < -0.4 is 5.11 Å². The Labute approximate surface area is 188 Å². The van der Waals surface area contributed by atoms with Crippen molar-refractivity contribution in [1.29, 1.82) is 0 Å². The third-order valence-corrected chi connectivity index (χ3v) is 6.70. The molecule has 0 aromatic heterocycles. The molecule has 0 amide bonds. The Hall–Kier alpha value is -0.320. The largest absolute Gasteiger partial charge is 0.544 e. The second-order valence-electron chi connectivity index (χ2n) is 5.39. The van der Waals surface area contributed by atoms with Crippen LogP contribution in [-0.4, -0.2) is 36.5 Å². The summed E-state index contributed by atoms with van der Waals surface area (Å²) in [6.45, 7) is 1.59. The lowest BCUT2D eigenvalue weighted by Crippen LogP contribution is -2.53. The van der Waals surface area contributed by atoms with Crippen LogP contribution in [0.1, 0.15) is 24.2 Å². The van der Waals surface area contributed by atoms with Crippen LogP contribution in [-0.2, 0) is 19.1 Å². The van der Waals surface area contributed by atoms with Crippen molar-refractivity contribution in [3.8, 4) is 0 Å². The molecule has 26 heavy (non-hydrogen) atoms. The highest BCUT2D eigenvalue weighted by Crippen LogP contribution is 2.27. The van der Waals surface area contributed by atoms with Crippen molar-refractivity contribution in [2.75, 3.05) is 6.61 Å². The van der Waals surface area contributed by atoms with Crippen molar-refractivity contribution in [3.05, 3.63) is 28.4 Å². The Balaban J connectivity index is 2.80. The van der Waals surface area contributed by atoms with Gasteiger partial charge in [0.15, 0.2) is 12.7 Å². The molecular weight excluding hydrogens is 695 g/mol. The maximum Gasteiger partial charge on any atom is 0.344 e. The van der Waals surface area contributed by atoms with Crippen molar-refractivity contribution in [2.24, 2.45) is 5.92 Å². The van der Waals surface area contributed by atoms with E-state index in [1.165, 1.54) is 13.8 Å². The maximum atomic E-state index is 13.6. The Kier molecular flexibility index (Phi) is 8.89. The molecule has 0 spiro atoms.